The minimum Gasteiger partial charge on any atom is -0.456 e. The lowest BCUT2D eigenvalue weighted by Gasteiger charge is -2.07. The number of carbonyl (C=O) groups excluding carboxylic acids is 3. The first-order chi connectivity index (χ1) is 11.7. The molecular formula is C16H20N2O6S. The van der Waals surface area contributed by atoms with Gasteiger partial charge in [0.05, 0.1) is 17.1 Å². The molecule has 0 saturated heterocycles. The van der Waals surface area contributed by atoms with Crippen LogP contribution in [0.3, 0.4) is 0 Å². The van der Waals surface area contributed by atoms with Gasteiger partial charge >= 0.3 is 12.0 Å². The highest BCUT2D eigenvalue weighted by molar-refractivity contribution is 7.91. The van der Waals surface area contributed by atoms with Gasteiger partial charge in [0, 0.05) is 6.54 Å². The molecule has 0 radical (unpaired) electrons. The molecule has 0 aliphatic carbocycles. The van der Waals surface area contributed by atoms with E-state index in [9.17, 15) is 22.8 Å². The van der Waals surface area contributed by atoms with Crippen LogP contribution in [0.25, 0.3) is 0 Å². The van der Waals surface area contributed by atoms with Gasteiger partial charge in [-0.15, -0.1) is 6.58 Å². The summed E-state index contributed by atoms with van der Waals surface area (Å²) >= 11 is 0. The molecule has 0 unspecified atom stereocenters. The number of hydrogen-bond donors (Lipinski definition) is 2. The van der Waals surface area contributed by atoms with Gasteiger partial charge in [0.15, 0.2) is 16.4 Å². The molecule has 0 aliphatic heterocycles. The normalized spacial score (nSPS) is 10.6. The van der Waals surface area contributed by atoms with Crippen LogP contribution in [0.4, 0.5) is 4.79 Å². The van der Waals surface area contributed by atoms with Gasteiger partial charge < -0.3 is 10.1 Å². The number of nitrogens with one attached hydrogen (secondary N) is 2. The highest BCUT2D eigenvalue weighted by atomic mass is 32.2. The fourth-order valence-corrected chi connectivity index (χ4v) is 2.89. The molecule has 0 atom stereocenters. The minimum absolute atomic E-state index is 0.113. The first-order valence-electron chi connectivity index (χ1n) is 7.38. The standard InChI is InChI=1S/C16H20N2O6S/c1-3-9-17-16(21)18-14(19)11-24-15(20)8-10-25(22,23)13-6-4-12(2)5-7-13/h3-7H,1,8-11H2,2H3,(H2,17,18,19,21). The molecule has 0 bridgehead atoms. The second kappa shape index (κ2) is 9.58. The van der Waals surface area contributed by atoms with E-state index in [2.05, 4.69) is 16.6 Å². The third-order valence-corrected chi connectivity index (χ3v) is 4.71. The Balaban J connectivity index is 2.39. The van der Waals surface area contributed by atoms with Gasteiger partial charge in [-0.05, 0) is 19.1 Å². The maximum absolute atomic E-state index is 12.1. The maximum Gasteiger partial charge on any atom is 0.321 e. The Bertz CT molecular complexity index is 740. The zero-order valence-corrected chi connectivity index (χ0v) is 14.6. The molecule has 8 nitrogen and oxygen atoms in total. The Kier molecular flexibility index (Phi) is 7.80. The molecule has 0 fully saturated rings. The molecule has 1 aromatic rings. The minimum atomic E-state index is -3.61. The Labute approximate surface area is 146 Å². The Morgan fingerprint density at radius 1 is 1.20 bits per heavy atom. The van der Waals surface area contributed by atoms with Crippen molar-refractivity contribution in [3.63, 3.8) is 0 Å². The summed E-state index contributed by atoms with van der Waals surface area (Å²) in [5, 5.41) is 4.25. The molecule has 1 rings (SSSR count). The SMILES string of the molecule is C=CCNC(=O)NC(=O)COC(=O)CCS(=O)(=O)c1ccc(C)cc1. The monoisotopic (exact) mass is 368 g/mol. The molecule has 0 heterocycles. The number of benzene rings is 1. The van der Waals surface area contributed by atoms with Crippen LogP contribution in [0, 0.1) is 6.92 Å². The number of esters is 1. The van der Waals surface area contributed by atoms with Crippen LogP contribution in [-0.4, -0.2) is 45.2 Å². The highest BCUT2D eigenvalue weighted by Gasteiger charge is 2.18. The van der Waals surface area contributed by atoms with Crippen molar-refractivity contribution in [1.29, 1.82) is 0 Å². The topological polar surface area (TPSA) is 119 Å². The van der Waals surface area contributed by atoms with Crippen molar-refractivity contribution in [3.8, 4) is 0 Å². The lowest BCUT2D eigenvalue weighted by molar-refractivity contribution is -0.147. The smallest absolute Gasteiger partial charge is 0.321 e. The van der Waals surface area contributed by atoms with Gasteiger partial charge in [-0.2, -0.15) is 0 Å². The number of amides is 3. The van der Waals surface area contributed by atoms with Crippen LogP contribution >= 0.6 is 0 Å². The average Bonchev–Trinajstić information content (AvgIpc) is 2.56. The van der Waals surface area contributed by atoms with E-state index >= 15 is 0 Å². The van der Waals surface area contributed by atoms with Gasteiger partial charge in [0.25, 0.3) is 5.91 Å². The van der Waals surface area contributed by atoms with E-state index in [1.165, 1.54) is 18.2 Å². The van der Waals surface area contributed by atoms with Gasteiger partial charge in [-0.1, -0.05) is 23.8 Å². The van der Waals surface area contributed by atoms with E-state index < -0.39 is 46.5 Å². The summed E-state index contributed by atoms with van der Waals surface area (Å²) < 4.78 is 28.8. The fraction of sp³-hybridized carbons (Fsp3) is 0.312. The van der Waals surface area contributed by atoms with Crippen LogP contribution in [0.15, 0.2) is 41.8 Å². The predicted octanol–water partition coefficient (Wildman–Crippen LogP) is 0.714. The largest absolute Gasteiger partial charge is 0.456 e. The summed E-state index contributed by atoms with van der Waals surface area (Å²) in [7, 11) is -3.61. The van der Waals surface area contributed by atoms with E-state index in [4.69, 9.17) is 0 Å². The van der Waals surface area contributed by atoms with Crippen molar-refractivity contribution in [1.82, 2.24) is 10.6 Å². The van der Waals surface area contributed by atoms with Gasteiger partial charge in [-0.25, -0.2) is 13.2 Å². The van der Waals surface area contributed by atoms with E-state index in [1.807, 2.05) is 12.2 Å². The first kappa shape index (κ1) is 20.4. The van der Waals surface area contributed by atoms with Crippen LogP contribution in [0.1, 0.15) is 12.0 Å². The number of aryl methyl sites for hydroxylation is 1. The van der Waals surface area contributed by atoms with Gasteiger partial charge in [-0.3, -0.25) is 14.9 Å². The van der Waals surface area contributed by atoms with Crippen LogP contribution in [-0.2, 0) is 24.2 Å². The second-order valence-corrected chi connectivity index (χ2v) is 7.20. The molecule has 9 heteroatoms. The Morgan fingerprint density at radius 2 is 1.84 bits per heavy atom. The van der Waals surface area contributed by atoms with Gasteiger partial charge in [0.1, 0.15) is 0 Å². The zero-order valence-electron chi connectivity index (χ0n) is 13.8. The Hall–Kier alpha value is -2.68. The predicted molar refractivity (Wildman–Crippen MR) is 90.5 cm³/mol. The summed E-state index contributed by atoms with van der Waals surface area (Å²) in [6.07, 6.45) is 1.03. The number of ether oxygens (including phenoxy) is 1. The number of carbonyl (C=O) groups is 3. The number of hydrogen-bond acceptors (Lipinski definition) is 6. The fourth-order valence-electron chi connectivity index (χ4n) is 1.67. The molecular weight excluding hydrogens is 348 g/mol. The third kappa shape index (κ3) is 7.62. The average molecular weight is 368 g/mol. The summed E-state index contributed by atoms with van der Waals surface area (Å²) in [5.41, 5.74) is 0.918. The van der Waals surface area contributed by atoms with Crippen molar-refractivity contribution >= 4 is 27.7 Å². The lowest BCUT2D eigenvalue weighted by Crippen LogP contribution is -2.41. The zero-order chi connectivity index (χ0) is 18.9. The molecule has 1 aromatic carbocycles. The van der Waals surface area contributed by atoms with E-state index in [-0.39, 0.29) is 11.4 Å². The van der Waals surface area contributed by atoms with Gasteiger partial charge in [0.2, 0.25) is 0 Å². The van der Waals surface area contributed by atoms with E-state index in [1.54, 1.807) is 12.1 Å². The third-order valence-electron chi connectivity index (χ3n) is 2.98. The highest BCUT2D eigenvalue weighted by Crippen LogP contribution is 2.13. The summed E-state index contributed by atoms with van der Waals surface area (Å²) in [5.74, 6) is -2.11. The molecule has 0 saturated carbocycles. The van der Waals surface area contributed by atoms with Crippen molar-refractivity contribution in [3.05, 3.63) is 42.5 Å². The molecule has 25 heavy (non-hydrogen) atoms. The van der Waals surface area contributed by atoms with Crippen molar-refractivity contribution < 1.29 is 27.5 Å². The van der Waals surface area contributed by atoms with E-state index in [0.29, 0.717) is 0 Å². The van der Waals surface area contributed by atoms with Crippen molar-refractivity contribution in [2.45, 2.75) is 18.2 Å². The maximum atomic E-state index is 12.1. The van der Waals surface area contributed by atoms with Crippen LogP contribution in [0.2, 0.25) is 0 Å². The first-order valence-corrected chi connectivity index (χ1v) is 9.03. The summed E-state index contributed by atoms with van der Waals surface area (Å²) in [6.45, 7) is 4.72. The number of urea groups is 1. The lowest BCUT2D eigenvalue weighted by atomic mass is 10.2. The van der Waals surface area contributed by atoms with Crippen molar-refractivity contribution in [2.75, 3.05) is 18.9 Å². The quantitative estimate of drug-likeness (QED) is 0.515. The molecule has 3 amide bonds. The van der Waals surface area contributed by atoms with Crippen LogP contribution in [0.5, 0.6) is 0 Å². The number of rotatable bonds is 8. The second-order valence-electron chi connectivity index (χ2n) is 5.09. The number of imide groups is 1. The summed E-state index contributed by atoms with van der Waals surface area (Å²) in [6, 6.07) is 5.50. The molecule has 136 valence electrons. The molecule has 0 aliphatic rings. The summed E-state index contributed by atoms with van der Waals surface area (Å²) in [4.78, 5) is 34.2. The van der Waals surface area contributed by atoms with Crippen molar-refractivity contribution in [2.24, 2.45) is 0 Å². The Morgan fingerprint density at radius 3 is 2.44 bits per heavy atom. The molecule has 0 spiro atoms. The van der Waals surface area contributed by atoms with Crippen LogP contribution < -0.4 is 10.6 Å². The van der Waals surface area contributed by atoms with E-state index in [0.717, 1.165) is 5.56 Å². The number of sulfone groups is 1. The molecule has 0 aromatic heterocycles. The molecule has 2 N–H and O–H groups in total.